The van der Waals surface area contributed by atoms with Gasteiger partial charge in [-0.15, -0.1) is 0 Å². The maximum atomic E-state index is 12.9. The van der Waals surface area contributed by atoms with Gasteiger partial charge in [0.25, 0.3) is 0 Å². The fourth-order valence-electron chi connectivity index (χ4n) is 5.44. The number of Topliss-reactive ketones (excluding diaryl/α,β-unsaturated/α-hetero) is 1. The summed E-state index contributed by atoms with van der Waals surface area (Å²) in [6.45, 7) is 8.39. The van der Waals surface area contributed by atoms with Crippen LogP contribution in [0.25, 0.3) is 0 Å². The molecule has 0 saturated carbocycles. The van der Waals surface area contributed by atoms with Gasteiger partial charge in [0.15, 0.2) is 24.1 Å². The van der Waals surface area contributed by atoms with Crippen molar-refractivity contribution in [2.45, 2.75) is 103 Å². The number of aliphatic hydroxyl groups excluding tert-OH is 1. The SMILES string of the molecule is COC1CC(C)(O)C(OC2CCC(OC(=O)C(C)C(O)c3ccc4c(c3)C(=O)C=C(C)C4=O)C(C)O2)C(C)O1. The maximum Gasteiger partial charge on any atom is 0.312 e. The first-order valence-corrected chi connectivity index (χ1v) is 13.3. The first kappa shape index (κ1) is 29.5. The summed E-state index contributed by atoms with van der Waals surface area (Å²) in [5.74, 6) is -2.09. The Hall–Kier alpha value is -2.47. The molecule has 2 saturated heterocycles. The molecular weight excluding hydrogens is 508 g/mol. The highest BCUT2D eigenvalue weighted by Gasteiger charge is 2.47. The van der Waals surface area contributed by atoms with Crippen LogP contribution < -0.4 is 0 Å². The van der Waals surface area contributed by atoms with Gasteiger partial charge in [0.2, 0.25) is 0 Å². The van der Waals surface area contributed by atoms with Crippen molar-refractivity contribution in [2.75, 3.05) is 7.11 Å². The van der Waals surface area contributed by atoms with Crippen LogP contribution in [0.2, 0.25) is 0 Å². The summed E-state index contributed by atoms with van der Waals surface area (Å²) < 4.78 is 28.8. The molecule has 0 bridgehead atoms. The molecule has 2 heterocycles. The van der Waals surface area contributed by atoms with Crippen molar-refractivity contribution in [3.63, 3.8) is 0 Å². The van der Waals surface area contributed by atoms with Crippen LogP contribution in [-0.4, -0.2) is 77.5 Å². The van der Waals surface area contributed by atoms with Gasteiger partial charge in [-0.3, -0.25) is 14.4 Å². The molecule has 1 aromatic carbocycles. The highest BCUT2D eigenvalue weighted by molar-refractivity contribution is 6.24. The summed E-state index contributed by atoms with van der Waals surface area (Å²) in [5.41, 5.74) is 0.0211. The molecule has 9 unspecified atom stereocenters. The molecule has 4 rings (SSSR count). The molecule has 0 radical (unpaired) electrons. The van der Waals surface area contributed by atoms with Gasteiger partial charge < -0.3 is 33.9 Å². The van der Waals surface area contributed by atoms with Crippen LogP contribution in [0.4, 0.5) is 0 Å². The Morgan fingerprint density at radius 2 is 1.79 bits per heavy atom. The number of hydrogen-bond acceptors (Lipinski definition) is 10. The molecule has 10 nitrogen and oxygen atoms in total. The number of ketones is 2. The summed E-state index contributed by atoms with van der Waals surface area (Å²) in [4.78, 5) is 37.7. The average Bonchev–Trinajstić information content (AvgIpc) is 2.89. The lowest BCUT2D eigenvalue weighted by molar-refractivity contribution is -0.320. The molecule has 0 amide bonds. The molecule has 1 aliphatic carbocycles. The second-order valence-corrected chi connectivity index (χ2v) is 11.0. The Balaban J connectivity index is 1.34. The van der Waals surface area contributed by atoms with Crippen molar-refractivity contribution in [2.24, 2.45) is 5.92 Å². The van der Waals surface area contributed by atoms with Crippen molar-refractivity contribution in [3.8, 4) is 0 Å². The van der Waals surface area contributed by atoms with Gasteiger partial charge >= 0.3 is 5.97 Å². The third-order valence-electron chi connectivity index (χ3n) is 7.84. The molecule has 2 N–H and O–H groups in total. The van der Waals surface area contributed by atoms with Crippen molar-refractivity contribution in [3.05, 3.63) is 46.5 Å². The van der Waals surface area contributed by atoms with E-state index >= 15 is 0 Å². The minimum atomic E-state index is -1.24. The summed E-state index contributed by atoms with van der Waals surface area (Å²) in [6.07, 6.45) is -2.05. The fourth-order valence-corrected chi connectivity index (χ4v) is 5.44. The summed E-state index contributed by atoms with van der Waals surface area (Å²) in [5, 5.41) is 21.8. The third-order valence-corrected chi connectivity index (χ3v) is 7.84. The van der Waals surface area contributed by atoms with Crippen LogP contribution in [0.3, 0.4) is 0 Å². The van der Waals surface area contributed by atoms with Crippen molar-refractivity contribution < 1.29 is 48.3 Å². The molecule has 214 valence electrons. The second-order valence-electron chi connectivity index (χ2n) is 11.0. The molecule has 2 fully saturated rings. The predicted octanol–water partition coefficient (Wildman–Crippen LogP) is 3.04. The van der Waals surface area contributed by atoms with Gasteiger partial charge in [0.1, 0.15) is 12.2 Å². The van der Waals surface area contributed by atoms with E-state index in [-0.39, 0.29) is 29.1 Å². The molecule has 3 aliphatic rings. The zero-order valence-electron chi connectivity index (χ0n) is 23.2. The highest BCUT2D eigenvalue weighted by Crippen LogP contribution is 2.35. The van der Waals surface area contributed by atoms with Crippen LogP contribution >= 0.6 is 0 Å². The lowest BCUT2D eigenvalue weighted by Crippen LogP contribution is -2.58. The van der Waals surface area contributed by atoms with E-state index in [9.17, 15) is 24.6 Å². The van der Waals surface area contributed by atoms with E-state index < -0.39 is 60.6 Å². The number of methoxy groups -OCH3 is 1. The van der Waals surface area contributed by atoms with Crippen LogP contribution in [0.1, 0.15) is 86.3 Å². The molecule has 10 heteroatoms. The minimum Gasteiger partial charge on any atom is -0.459 e. The minimum absolute atomic E-state index is 0.206. The van der Waals surface area contributed by atoms with Crippen molar-refractivity contribution in [1.29, 1.82) is 0 Å². The quantitative estimate of drug-likeness (QED) is 0.491. The van der Waals surface area contributed by atoms with Crippen LogP contribution in [0.5, 0.6) is 0 Å². The zero-order chi connectivity index (χ0) is 28.6. The molecule has 0 spiro atoms. The lowest BCUT2D eigenvalue weighted by Gasteiger charge is -2.46. The number of ether oxygens (including phenoxy) is 5. The summed E-state index contributed by atoms with van der Waals surface area (Å²) in [6, 6.07) is 4.51. The van der Waals surface area contributed by atoms with E-state index in [1.807, 2.05) is 6.92 Å². The number of carbonyl (C=O) groups excluding carboxylic acids is 3. The zero-order valence-corrected chi connectivity index (χ0v) is 23.2. The van der Waals surface area contributed by atoms with Crippen molar-refractivity contribution in [1.82, 2.24) is 0 Å². The predicted molar refractivity (Wildman–Crippen MR) is 138 cm³/mol. The Labute approximate surface area is 228 Å². The second kappa shape index (κ2) is 11.6. The fraction of sp³-hybridized carbons (Fsp3) is 0.621. The number of allylic oxidation sites excluding steroid dienone is 2. The number of carbonyl (C=O) groups is 3. The highest BCUT2D eigenvalue weighted by atomic mass is 16.7. The first-order valence-electron chi connectivity index (χ1n) is 13.3. The third kappa shape index (κ3) is 6.16. The Kier molecular flexibility index (Phi) is 8.75. The number of fused-ring (bicyclic) bond motifs is 1. The summed E-state index contributed by atoms with van der Waals surface area (Å²) in [7, 11) is 1.52. The molecule has 39 heavy (non-hydrogen) atoms. The number of rotatable bonds is 7. The number of hydrogen-bond donors (Lipinski definition) is 2. The summed E-state index contributed by atoms with van der Waals surface area (Å²) >= 11 is 0. The van der Waals surface area contributed by atoms with Gasteiger partial charge in [-0.2, -0.15) is 0 Å². The number of benzene rings is 1. The lowest BCUT2D eigenvalue weighted by atomic mass is 9.86. The van der Waals surface area contributed by atoms with E-state index in [2.05, 4.69) is 0 Å². The van der Waals surface area contributed by atoms with Crippen LogP contribution in [-0.2, 0) is 28.5 Å². The Morgan fingerprint density at radius 1 is 1.10 bits per heavy atom. The van der Waals surface area contributed by atoms with E-state index in [0.717, 1.165) is 0 Å². The van der Waals surface area contributed by atoms with E-state index in [1.54, 1.807) is 33.8 Å². The van der Waals surface area contributed by atoms with Gasteiger partial charge in [-0.05, 0) is 64.8 Å². The van der Waals surface area contributed by atoms with Crippen LogP contribution in [0.15, 0.2) is 29.8 Å². The molecule has 0 aromatic heterocycles. The molecule has 9 atom stereocenters. The Morgan fingerprint density at radius 3 is 2.44 bits per heavy atom. The smallest absolute Gasteiger partial charge is 0.312 e. The molecular formula is C29H38O10. The molecule has 2 aliphatic heterocycles. The van der Waals surface area contributed by atoms with E-state index in [4.69, 9.17) is 23.7 Å². The topological polar surface area (TPSA) is 138 Å². The standard InChI is InChI=1S/C29H38O10/c1-14-11-21(30)20-12-18(7-8-19(20)25(14)31)26(32)15(2)28(33)38-22-9-10-23(36-16(22)3)39-27-17(4)37-24(35-6)13-29(27,5)34/h7-8,11-12,15-17,22-24,26-27,32,34H,9-10,13H2,1-6H3. The average molecular weight is 547 g/mol. The first-order chi connectivity index (χ1) is 18.3. The van der Waals surface area contributed by atoms with Gasteiger partial charge in [0, 0.05) is 36.7 Å². The monoisotopic (exact) mass is 546 g/mol. The van der Waals surface area contributed by atoms with Crippen molar-refractivity contribution >= 4 is 17.5 Å². The van der Waals surface area contributed by atoms with Gasteiger partial charge in [0.05, 0.1) is 29.8 Å². The largest absolute Gasteiger partial charge is 0.459 e. The Bertz CT molecular complexity index is 1140. The van der Waals surface area contributed by atoms with Gasteiger partial charge in [-0.1, -0.05) is 6.07 Å². The van der Waals surface area contributed by atoms with Gasteiger partial charge in [-0.25, -0.2) is 0 Å². The number of esters is 1. The maximum absolute atomic E-state index is 12.9. The number of aliphatic hydroxyl groups is 2. The molecule has 1 aromatic rings. The van der Waals surface area contributed by atoms with Crippen LogP contribution in [0, 0.1) is 5.92 Å². The van der Waals surface area contributed by atoms with E-state index in [1.165, 1.54) is 25.3 Å². The van der Waals surface area contributed by atoms with E-state index in [0.29, 0.717) is 24.0 Å². The normalized spacial score (nSPS) is 34.6.